The van der Waals surface area contributed by atoms with Crippen molar-refractivity contribution in [2.75, 3.05) is 14.2 Å². The monoisotopic (exact) mass is 352 g/mol. The van der Waals surface area contributed by atoms with E-state index in [1.54, 1.807) is 12.1 Å². The highest BCUT2D eigenvalue weighted by atomic mass is 16.6. The molecule has 0 radical (unpaired) electrons. The van der Waals surface area contributed by atoms with Gasteiger partial charge in [-0.05, 0) is 5.56 Å². The Labute approximate surface area is 144 Å². The fraction of sp³-hybridized carbons (Fsp3) is 0.500. The number of methoxy groups -OCH3 is 1. The smallest absolute Gasteiger partial charge is 0.429 e. The standard InChI is InChI=1S/C16H20N2O7/c1-17-15(21)25-14-10(13(23-2)11(19)12(14)20)18(17)16(22)24-8-9-6-4-3-5-7-9/h3-7,10-14,19-20H,8H2,1-2H3/t10-,11-,12+,13-,14-/m1/s1. The van der Waals surface area contributed by atoms with Crippen molar-refractivity contribution >= 4 is 12.2 Å². The number of carbonyl (C=O) groups excluding carboxylic acids is 2. The van der Waals surface area contributed by atoms with Crippen LogP contribution in [-0.4, -0.2) is 77.0 Å². The Hall–Kier alpha value is -2.36. The van der Waals surface area contributed by atoms with E-state index in [4.69, 9.17) is 14.2 Å². The third kappa shape index (κ3) is 3.01. The number of hydrazine groups is 1. The van der Waals surface area contributed by atoms with E-state index in [-0.39, 0.29) is 6.61 Å². The molecule has 136 valence electrons. The summed E-state index contributed by atoms with van der Waals surface area (Å²) in [4.78, 5) is 24.6. The molecule has 2 amide bonds. The second-order valence-electron chi connectivity index (χ2n) is 5.93. The van der Waals surface area contributed by atoms with Crippen molar-refractivity contribution in [2.45, 2.75) is 37.1 Å². The van der Waals surface area contributed by atoms with Crippen LogP contribution in [0.5, 0.6) is 0 Å². The highest BCUT2D eigenvalue weighted by Crippen LogP contribution is 2.35. The molecule has 0 bridgehead atoms. The lowest BCUT2D eigenvalue weighted by Gasteiger charge is -2.43. The van der Waals surface area contributed by atoms with Gasteiger partial charge in [-0.15, -0.1) is 0 Å². The molecule has 9 nitrogen and oxygen atoms in total. The number of aliphatic hydroxyl groups excluding tert-OH is 2. The molecule has 1 saturated carbocycles. The van der Waals surface area contributed by atoms with Crippen LogP contribution in [0.1, 0.15) is 5.56 Å². The van der Waals surface area contributed by atoms with Crippen LogP contribution in [0.2, 0.25) is 0 Å². The van der Waals surface area contributed by atoms with E-state index in [1.165, 1.54) is 14.2 Å². The summed E-state index contributed by atoms with van der Waals surface area (Å²) in [5.74, 6) is 0. The molecule has 1 heterocycles. The van der Waals surface area contributed by atoms with Gasteiger partial charge in [0.1, 0.15) is 31.0 Å². The molecule has 1 aromatic rings. The third-order valence-corrected chi connectivity index (χ3v) is 4.47. The minimum absolute atomic E-state index is 0.0131. The third-order valence-electron chi connectivity index (χ3n) is 4.47. The average molecular weight is 352 g/mol. The van der Waals surface area contributed by atoms with E-state index in [0.29, 0.717) is 0 Å². The first kappa shape index (κ1) is 17.5. The van der Waals surface area contributed by atoms with Gasteiger partial charge in [-0.3, -0.25) is 0 Å². The summed E-state index contributed by atoms with van der Waals surface area (Å²) in [7, 11) is 2.68. The maximum atomic E-state index is 12.6. The lowest BCUT2D eigenvalue weighted by molar-refractivity contribution is -0.139. The van der Waals surface area contributed by atoms with Crippen LogP contribution in [0.4, 0.5) is 9.59 Å². The number of hydrogen-bond donors (Lipinski definition) is 2. The van der Waals surface area contributed by atoms with Gasteiger partial charge >= 0.3 is 12.2 Å². The van der Waals surface area contributed by atoms with Gasteiger partial charge in [0.2, 0.25) is 0 Å². The second-order valence-corrected chi connectivity index (χ2v) is 5.93. The van der Waals surface area contributed by atoms with Crippen molar-refractivity contribution in [3.05, 3.63) is 35.9 Å². The molecule has 2 aliphatic rings. The van der Waals surface area contributed by atoms with Crippen molar-refractivity contribution in [3.8, 4) is 0 Å². The van der Waals surface area contributed by atoms with Crippen LogP contribution in [0.25, 0.3) is 0 Å². The summed E-state index contributed by atoms with van der Waals surface area (Å²) in [5, 5.41) is 22.2. The molecule has 1 saturated heterocycles. The van der Waals surface area contributed by atoms with Crippen molar-refractivity contribution < 1.29 is 34.0 Å². The summed E-state index contributed by atoms with van der Waals surface area (Å²) in [6.07, 6.45) is -6.34. The predicted octanol–water partition coefficient (Wildman–Crippen LogP) is 0.110. The van der Waals surface area contributed by atoms with Crippen molar-refractivity contribution in [1.82, 2.24) is 10.0 Å². The molecule has 1 aliphatic heterocycles. The van der Waals surface area contributed by atoms with Gasteiger partial charge in [-0.2, -0.15) is 0 Å². The molecule has 9 heteroatoms. The Bertz CT molecular complexity index is 641. The van der Waals surface area contributed by atoms with Crippen molar-refractivity contribution in [1.29, 1.82) is 0 Å². The number of nitrogens with zero attached hydrogens (tertiary/aromatic N) is 2. The maximum absolute atomic E-state index is 12.6. The second kappa shape index (κ2) is 6.87. The first-order chi connectivity index (χ1) is 12.0. The first-order valence-electron chi connectivity index (χ1n) is 7.78. The molecule has 5 atom stereocenters. The summed E-state index contributed by atoms with van der Waals surface area (Å²) in [5.41, 5.74) is 0.782. The number of rotatable bonds is 3. The normalized spacial score (nSPS) is 31.5. The molecule has 3 rings (SSSR count). The zero-order valence-electron chi connectivity index (χ0n) is 13.8. The number of benzene rings is 1. The summed E-state index contributed by atoms with van der Waals surface area (Å²) < 4.78 is 15.6. The van der Waals surface area contributed by atoms with Crippen LogP contribution in [0.15, 0.2) is 30.3 Å². The summed E-state index contributed by atoms with van der Waals surface area (Å²) >= 11 is 0. The average Bonchev–Trinajstić information content (AvgIpc) is 2.85. The van der Waals surface area contributed by atoms with Crippen molar-refractivity contribution in [3.63, 3.8) is 0 Å². The lowest BCUT2D eigenvalue weighted by Crippen LogP contribution is -2.64. The van der Waals surface area contributed by atoms with Crippen LogP contribution in [0, 0.1) is 0 Å². The zero-order valence-corrected chi connectivity index (χ0v) is 13.8. The molecule has 2 fully saturated rings. The molecule has 0 spiro atoms. The molecule has 0 aromatic heterocycles. The Morgan fingerprint density at radius 3 is 2.56 bits per heavy atom. The predicted molar refractivity (Wildman–Crippen MR) is 83.1 cm³/mol. The minimum atomic E-state index is -1.36. The Morgan fingerprint density at radius 1 is 1.24 bits per heavy atom. The molecule has 1 aromatic carbocycles. The van der Waals surface area contributed by atoms with Gasteiger partial charge in [0.05, 0.1) is 0 Å². The van der Waals surface area contributed by atoms with Gasteiger partial charge in [0.25, 0.3) is 0 Å². The Balaban J connectivity index is 1.81. The van der Waals surface area contributed by atoms with E-state index in [0.717, 1.165) is 15.6 Å². The van der Waals surface area contributed by atoms with Gasteiger partial charge in [-0.1, -0.05) is 30.3 Å². The largest absolute Gasteiger partial charge is 0.443 e. The van der Waals surface area contributed by atoms with Gasteiger partial charge in [-0.25, -0.2) is 19.6 Å². The van der Waals surface area contributed by atoms with Crippen LogP contribution < -0.4 is 0 Å². The molecule has 1 aliphatic carbocycles. The first-order valence-corrected chi connectivity index (χ1v) is 7.78. The molecule has 2 N–H and O–H groups in total. The highest BCUT2D eigenvalue weighted by molar-refractivity contribution is 5.76. The number of aliphatic hydroxyl groups is 2. The van der Waals surface area contributed by atoms with Crippen LogP contribution >= 0.6 is 0 Å². The van der Waals surface area contributed by atoms with Gasteiger partial charge < -0.3 is 24.4 Å². The van der Waals surface area contributed by atoms with Gasteiger partial charge in [0.15, 0.2) is 6.10 Å². The molecular formula is C16H20N2O7. The highest BCUT2D eigenvalue weighted by Gasteiger charge is 2.60. The van der Waals surface area contributed by atoms with E-state index < -0.39 is 42.6 Å². The fourth-order valence-electron chi connectivity index (χ4n) is 3.19. The number of hydrogen-bond acceptors (Lipinski definition) is 7. The zero-order chi connectivity index (χ0) is 18.1. The van der Waals surface area contributed by atoms with Crippen molar-refractivity contribution in [2.24, 2.45) is 0 Å². The quantitative estimate of drug-likeness (QED) is 0.795. The topological polar surface area (TPSA) is 109 Å². The van der Waals surface area contributed by atoms with Crippen LogP contribution in [0.3, 0.4) is 0 Å². The molecule has 0 unspecified atom stereocenters. The fourth-order valence-corrected chi connectivity index (χ4v) is 3.19. The SMILES string of the molecule is CO[C@H]1[C@H](O)[C@H](O)[C@@H]2OC(=O)N(C)N(C(=O)OCc3ccccc3)[C@H]12. The van der Waals surface area contributed by atoms with E-state index >= 15 is 0 Å². The molecular weight excluding hydrogens is 332 g/mol. The molecule has 25 heavy (non-hydrogen) atoms. The summed E-state index contributed by atoms with van der Waals surface area (Å²) in [6.45, 7) is 0.0131. The Morgan fingerprint density at radius 2 is 1.92 bits per heavy atom. The number of carbonyl (C=O) groups is 2. The van der Waals surface area contributed by atoms with E-state index in [2.05, 4.69) is 0 Å². The lowest BCUT2D eigenvalue weighted by atomic mass is 10.1. The minimum Gasteiger partial charge on any atom is -0.443 e. The summed E-state index contributed by atoms with van der Waals surface area (Å²) in [6, 6.07) is 8.16. The number of amides is 2. The van der Waals surface area contributed by atoms with E-state index in [1.807, 2.05) is 18.2 Å². The Kier molecular flexibility index (Phi) is 4.80. The number of ether oxygens (including phenoxy) is 3. The number of fused-ring (bicyclic) bond motifs is 1. The maximum Gasteiger partial charge on any atom is 0.429 e. The van der Waals surface area contributed by atoms with Crippen LogP contribution in [-0.2, 0) is 20.8 Å². The van der Waals surface area contributed by atoms with E-state index in [9.17, 15) is 19.8 Å². The van der Waals surface area contributed by atoms with Gasteiger partial charge in [0, 0.05) is 14.2 Å².